The summed E-state index contributed by atoms with van der Waals surface area (Å²) in [5.41, 5.74) is 2.01. The van der Waals surface area contributed by atoms with Crippen molar-refractivity contribution in [2.24, 2.45) is 0 Å². The highest BCUT2D eigenvalue weighted by Gasteiger charge is 2.24. The van der Waals surface area contributed by atoms with Crippen LogP contribution in [0.25, 0.3) is 0 Å². The van der Waals surface area contributed by atoms with Crippen LogP contribution >= 0.6 is 11.9 Å². The predicted molar refractivity (Wildman–Crippen MR) is 115 cm³/mol. The number of rotatable bonds is 11. The average molecular weight is 404 g/mol. The first-order valence-electron chi connectivity index (χ1n) is 9.44. The fourth-order valence-electron chi connectivity index (χ4n) is 2.93. The number of anilines is 1. The maximum absolute atomic E-state index is 11.2. The minimum atomic E-state index is -1.13. The third-order valence-electron chi connectivity index (χ3n) is 4.29. The van der Waals surface area contributed by atoms with Crippen molar-refractivity contribution in [3.05, 3.63) is 60.2 Å². The molecule has 0 aromatic heterocycles. The van der Waals surface area contributed by atoms with Crippen LogP contribution in [0.15, 0.2) is 59.5 Å². The first kappa shape index (κ1) is 22.1. The minimum absolute atomic E-state index is 0.361. The van der Waals surface area contributed by atoms with E-state index in [0.717, 1.165) is 29.1 Å². The summed E-state index contributed by atoms with van der Waals surface area (Å²) in [6.07, 6.45) is -0.589. The first-order chi connectivity index (χ1) is 13.5. The van der Waals surface area contributed by atoms with Crippen LogP contribution in [0, 0.1) is 0 Å². The second-order valence-corrected chi connectivity index (χ2v) is 7.74. The van der Waals surface area contributed by atoms with Crippen molar-refractivity contribution < 1.29 is 15.0 Å². The molecule has 0 bridgehead atoms. The molecule has 0 saturated carbocycles. The maximum atomic E-state index is 11.2. The number of nitrogens with zero attached hydrogens (tertiary/aromatic N) is 1. The third kappa shape index (κ3) is 7.42. The van der Waals surface area contributed by atoms with Crippen molar-refractivity contribution in [3.8, 4) is 0 Å². The van der Waals surface area contributed by atoms with Gasteiger partial charge in [0.1, 0.15) is 0 Å². The van der Waals surface area contributed by atoms with Crippen molar-refractivity contribution in [2.45, 2.75) is 36.8 Å². The van der Waals surface area contributed by atoms with Gasteiger partial charge in [-0.05, 0) is 48.6 Å². The number of nitrogens with one attached hydrogen (secondary N) is 2. The standard InChI is InChI=1S/C21H29N3O3S/c1-3-12-24(28-18-11-7-10-17(14-18)22-2)15-20(25)19(23-21(26)27)13-16-8-5-4-6-9-16/h4-11,14,19-20,22-23,25H,3,12-13,15H2,1-2H3,(H,26,27). The predicted octanol–water partition coefficient (Wildman–Crippen LogP) is 3.69. The fourth-order valence-corrected chi connectivity index (χ4v) is 4.05. The van der Waals surface area contributed by atoms with E-state index < -0.39 is 18.2 Å². The summed E-state index contributed by atoms with van der Waals surface area (Å²) in [5, 5.41) is 25.6. The molecule has 28 heavy (non-hydrogen) atoms. The van der Waals surface area contributed by atoms with Crippen molar-refractivity contribution in [3.63, 3.8) is 0 Å². The Hall–Kier alpha value is -2.22. The number of hydrogen-bond acceptors (Lipinski definition) is 5. The summed E-state index contributed by atoms with van der Waals surface area (Å²) < 4.78 is 2.08. The zero-order valence-electron chi connectivity index (χ0n) is 16.3. The number of aliphatic hydroxyl groups is 1. The number of aliphatic hydroxyl groups excluding tert-OH is 1. The van der Waals surface area contributed by atoms with Crippen LogP contribution < -0.4 is 10.6 Å². The van der Waals surface area contributed by atoms with E-state index >= 15 is 0 Å². The molecule has 0 aliphatic carbocycles. The van der Waals surface area contributed by atoms with Crippen LogP contribution in [-0.2, 0) is 6.42 Å². The Bertz CT molecular complexity index is 730. The Morgan fingerprint density at radius 2 is 1.93 bits per heavy atom. The third-order valence-corrected chi connectivity index (χ3v) is 5.35. The van der Waals surface area contributed by atoms with Crippen molar-refractivity contribution in [1.82, 2.24) is 9.62 Å². The van der Waals surface area contributed by atoms with E-state index in [-0.39, 0.29) is 0 Å². The molecule has 0 fully saturated rings. The van der Waals surface area contributed by atoms with Crippen LogP contribution in [0.4, 0.5) is 10.5 Å². The lowest BCUT2D eigenvalue weighted by Gasteiger charge is -2.28. The molecular weight excluding hydrogens is 374 g/mol. The lowest BCUT2D eigenvalue weighted by atomic mass is 10.0. The monoisotopic (exact) mass is 403 g/mol. The smallest absolute Gasteiger partial charge is 0.404 e. The molecule has 4 N–H and O–H groups in total. The maximum Gasteiger partial charge on any atom is 0.404 e. The molecule has 7 heteroatoms. The van der Waals surface area contributed by atoms with Gasteiger partial charge < -0.3 is 20.8 Å². The second kappa shape index (κ2) is 11.6. The highest BCUT2D eigenvalue weighted by atomic mass is 32.2. The molecule has 6 nitrogen and oxygen atoms in total. The van der Waals surface area contributed by atoms with E-state index in [1.807, 2.05) is 55.6 Å². The first-order valence-corrected chi connectivity index (χ1v) is 10.2. The Morgan fingerprint density at radius 1 is 1.18 bits per heavy atom. The summed E-state index contributed by atoms with van der Waals surface area (Å²) in [6.45, 7) is 3.23. The Kier molecular flexibility index (Phi) is 9.13. The van der Waals surface area contributed by atoms with Gasteiger partial charge in [0.2, 0.25) is 0 Å². The van der Waals surface area contributed by atoms with Gasteiger partial charge in [-0.3, -0.25) is 0 Å². The molecule has 2 unspecified atom stereocenters. The van der Waals surface area contributed by atoms with Gasteiger partial charge in [-0.1, -0.05) is 43.3 Å². The average Bonchev–Trinajstić information content (AvgIpc) is 2.68. The van der Waals surface area contributed by atoms with Gasteiger partial charge in [0.05, 0.1) is 12.1 Å². The number of hydrogen-bond donors (Lipinski definition) is 4. The largest absolute Gasteiger partial charge is 0.465 e. The summed E-state index contributed by atoms with van der Waals surface area (Å²) in [6, 6.07) is 17.1. The molecule has 2 aromatic rings. The molecule has 152 valence electrons. The molecule has 0 radical (unpaired) electrons. The van der Waals surface area contributed by atoms with Crippen LogP contribution in [-0.4, -0.2) is 52.9 Å². The highest BCUT2D eigenvalue weighted by Crippen LogP contribution is 2.26. The second-order valence-electron chi connectivity index (χ2n) is 6.57. The molecular formula is C21H29N3O3S. The van der Waals surface area contributed by atoms with E-state index in [9.17, 15) is 15.0 Å². The van der Waals surface area contributed by atoms with Gasteiger partial charge in [0, 0.05) is 30.7 Å². The lowest BCUT2D eigenvalue weighted by molar-refractivity contribution is 0.103. The fraction of sp³-hybridized carbons (Fsp3) is 0.381. The summed E-state index contributed by atoms with van der Waals surface area (Å²) >= 11 is 1.57. The molecule has 1 amide bonds. The molecule has 0 spiro atoms. The van der Waals surface area contributed by atoms with Crippen molar-refractivity contribution in [2.75, 3.05) is 25.5 Å². The van der Waals surface area contributed by atoms with Gasteiger partial charge >= 0.3 is 6.09 Å². The normalized spacial score (nSPS) is 13.1. The van der Waals surface area contributed by atoms with Gasteiger partial charge in [-0.25, -0.2) is 9.10 Å². The van der Waals surface area contributed by atoms with E-state index in [1.165, 1.54) is 0 Å². The number of amides is 1. The molecule has 0 aliphatic rings. The van der Waals surface area contributed by atoms with E-state index in [4.69, 9.17) is 0 Å². The number of carboxylic acid groups (broad SMARTS) is 1. The van der Waals surface area contributed by atoms with Gasteiger partial charge in [-0.2, -0.15) is 0 Å². The Labute approximate surface area is 171 Å². The van der Waals surface area contributed by atoms with Gasteiger partial charge in [0.15, 0.2) is 0 Å². The lowest BCUT2D eigenvalue weighted by Crippen LogP contribution is -2.48. The number of benzene rings is 2. The number of carbonyl (C=O) groups is 1. The van der Waals surface area contributed by atoms with Crippen molar-refractivity contribution in [1.29, 1.82) is 0 Å². The summed E-state index contributed by atoms with van der Waals surface area (Å²) in [5.74, 6) is 0. The van der Waals surface area contributed by atoms with Gasteiger partial charge in [0.25, 0.3) is 0 Å². The summed E-state index contributed by atoms with van der Waals surface area (Å²) in [4.78, 5) is 12.3. The molecule has 0 aliphatic heterocycles. The highest BCUT2D eigenvalue weighted by molar-refractivity contribution is 7.97. The minimum Gasteiger partial charge on any atom is -0.465 e. The van der Waals surface area contributed by atoms with Crippen LogP contribution in [0.1, 0.15) is 18.9 Å². The zero-order chi connectivity index (χ0) is 20.4. The molecule has 2 rings (SSSR count). The van der Waals surface area contributed by atoms with Gasteiger partial charge in [-0.15, -0.1) is 0 Å². The van der Waals surface area contributed by atoms with E-state index in [1.54, 1.807) is 11.9 Å². The molecule has 2 atom stereocenters. The van der Waals surface area contributed by atoms with Crippen LogP contribution in [0.3, 0.4) is 0 Å². The summed E-state index contributed by atoms with van der Waals surface area (Å²) in [7, 11) is 1.88. The van der Waals surface area contributed by atoms with E-state index in [0.29, 0.717) is 13.0 Å². The van der Waals surface area contributed by atoms with E-state index in [2.05, 4.69) is 27.9 Å². The Morgan fingerprint density at radius 3 is 2.57 bits per heavy atom. The Balaban J connectivity index is 2.07. The molecule has 0 heterocycles. The molecule has 2 aromatic carbocycles. The SMILES string of the molecule is CCCN(CC(O)C(Cc1ccccc1)NC(=O)O)Sc1cccc(NC)c1. The topological polar surface area (TPSA) is 84.8 Å². The van der Waals surface area contributed by atoms with Crippen LogP contribution in [0.5, 0.6) is 0 Å². The molecule has 0 saturated heterocycles. The quantitative estimate of drug-likeness (QED) is 0.428. The zero-order valence-corrected chi connectivity index (χ0v) is 17.2. The van der Waals surface area contributed by atoms with Crippen molar-refractivity contribution >= 4 is 23.7 Å². The van der Waals surface area contributed by atoms with Crippen LogP contribution in [0.2, 0.25) is 0 Å².